The Morgan fingerprint density at radius 3 is 2.95 bits per heavy atom. The smallest absolute Gasteiger partial charge is 0.195 e. The molecular formula is C12H14ClN5S. The first-order valence-electron chi connectivity index (χ1n) is 5.88. The molecule has 7 heteroatoms. The molecule has 0 atom stereocenters. The summed E-state index contributed by atoms with van der Waals surface area (Å²) in [4.78, 5) is 12.0. The topological polar surface area (TPSA) is 38.4 Å². The highest BCUT2D eigenvalue weighted by molar-refractivity contribution is 7.15. The summed E-state index contributed by atoms with van der Waals surface area (Å²) in [5.74, 6) is 2.36. The lowest BCUT2D eigenvalue weighted by atomic mass is 10.4. The van der Waals surface area contributed by atoms with Crippen molar-refractivity contribution >= 4 is 33.7 Å². The fourth-order valence-corrected chi connectivity index (χ4v) is 3.06. The summed E-state index contributed by atoms with van der Waals surface area (Å²) in [6.45, 7) is 0.707. The van der Waals surface area contributed by atoms with E-state index < -0.39 is 0 Å². The molecule has 3 aromatic rings. The van der Waals surface area contributed by atoms with E-state index in [9.17, 15) is 0 Å². The minimum atomic E-state index is 0.443. The molecule has 0 spiro atoms. The van der Waals surface area contributed by atoms with Crippen molar-refractivity contribution in [2.45, 2.75) is 12.4 Å². The van der Waals surface area contributed by atoms with Gasteiger partial charge in [0, 0.05) is 38.1 Å². The zero-order valence-corrected chi connectivity index (χ0v) is 12.3. The molecule has 19 heavy (non-hydrogen) atoms. The number of thiazole rings is 1. The summed E-state index contributed by atoms with van der Waals surface area (Å²) in [6, 6.07) is 0. The van der Waals surface area contributed by atoms with E-state index >= 15 is 0 Å². The number of hydrogen-bond donors (Lipinski definition) is 0. The molecule has 0 saturated carbocycles. The second-order valence-corrected chi connectivity index (χ2v) is 5.52. The molecule has 0 amide bonds. The quantitative estimate of drug-likeness (QED) is 0.694. The minimum absolute atomic E-state index is 0.443. The van der Waals surface area contributed by atoms with Crippen LogP contribution in [0.3, 0.4) is 0 Å². The van der Waals surface area contributed by atoms with Crippen molar-refractivity contribution in [1.82, 2.24) is 18.9 Å². The predicted molar refractivity (Wildman–Crippen MR) is 77.9 cm³/mol. The van der Waals surface area contributed by atoms with Crippen molar-refractivity contribution in [3.05, 3.63) is 35.5 Å². The Hall–Kier alpha value is -1.53. The van der Waals surface area contributed by atoms with Crippen LogP contribution >= 0.6 is 22.9 Å². The van der Waals surface area contributed by atoms with E-state index in [0.717, 1.165) is 22.3 Å². The van der Waals surface area contributed by atoms with E-state index in [-0.39, 0.29) is 0 Å². The Morgan fingerprint density at radius 1 is 1.42 bits per heavy atom. The normalized spacial score (nSPS) is 11.3. The Bertz CT molecular complexity index is 698. The SMILES string of the molecule is CN(Cc1nccn1C)c1nc2sccn2c1CCl. The lowest BCUT2D eigenvalue weighted by Gasteiger charge is -2.17. The number of halogens is 1. The molecule has 100 valence electrons. The average molecular weight is 296 g/mol. The second kappa shape index (κ2) is 4.86. The number of nitrogens with zero attached hydrogens (tertiary/aromatic N) is 5. The summed E-state index contributed by atoms with van der Waals surface area (Å²) in [5, 5.41) is 2.01. The summed E-state index contributed by atoms with van der Waals surface area (Å²) < 4.78 is 4.05. The molecule has 0 aliphatic heterocycles. The van der Waals surface area contributed by atoms with Gasteiger partial charge in [0.05, 0.1) is 18.1 Å². The summed E-state index contributed by atoms with van der Waals surface area (Å²) in [7, 11) is 4.00. The van der Waals surface area contributed by atoms with E-state index in [1.807, 2.05) is 40.8 Å². The number of hydrogen-bond acceptors (Lipinski definition) is 4. The third-order valence-electron chi connectivity index (χ3n) is 3.13. The molecule has 0 saturated heterocycles. The van der Waals surface area contributed by atoms with E-state index in [1.165, 1.54) is 0 Å². The highest BCUT2D eigenvalue weighted by atomic mass is 35.5. The van der Waals surface area contributed by atoms with Crippen LogP contribution in [0.15, 0.2) is 24.0 Å². The van der Waals surface area contributed by atoms with E-state index in [1.54, 1.807) is 17.5 Å². The van der Waals surface area contributed by atoms with Crippen LogP contribution in [-0.4, -0.2) is 26.0 Å². The van der Waals surface area contributed by atoms with Crippen molar-refractivity contribution in [3.8, 4) is 0 Å². The van der Waals surface area contributed by atoms with Gasteiger partial charge in [-0.25, -0.2) is 9.97 Å². The van der Waals surface area contributed by atoms with Crippen LogP contribution in [0.25, 0.3) is 4.96 Å². The molecule has 0 aliphatic rings. The van der Waals surface area contributed by atoms with Gasteiger partial charge in [-0.3, -0.25) is 4.40 Å². The highest BCUT2D eigenvalue weighted by Crippen LogP contribution is 2.26. The molecular weight excluding hydrogens is 282 g/mol. The highest BCUT2D eigenvalue weighted by Gasteiger charge is 2.16. The maximum Gasteiger partial charge on any atom is 0.195 e. The molecule has 0 aliphatic carbocycles. The molecule has 0 N–H and O–H groups in total. The van der Waals surface area contributed by atoms with Crippen LogP contribution in [0.1, 0.15) is 11.5 Å². The van der Waals surface area contributed by atoms with Crippen LogP contribution in [0.2, 0.25) is 0 Å². The molecule has 0 radical (unpaired) electrons. The standard InChI is InChI=1S/C12H14ClN5S/c1-16-4-3-14-10(16)8-17(2)11-9(7-13)18-5-6-19-12(18)15-11/h3-6H,7-8H2,1-2H3. The first-order valence-corrected chi connectivity index (χ1v) is 7.30. The minimum Gasteiger partial charge on any atom is -0.351 e. The van der Waals surface area contributed by atoms with Gasteiger partial charge < -0.3 is 9.47 Å². The molecule has 0 unspecified atom stereocenters. The maximum absolute atomic E-state index is 6.06. The molecule has 0 fully saturated rings. The zero-order chi connectivity index (χ0) is 13.4. The first-order chi connectivity index (χ1) is 9.20. The van der Waals surface area contributed by atoms with Crippen LogP contribution in [0, 0.1) is 0 Å². The lowest BCUT2D eigenvalue weighted by Crippen LogP contribution is -2.20. The fraction of sp³-hybridized carbons (Fsp3) is 0.333. The summed E-state index contributed by atoms with van der Waals surface area (Å²) in [5.41, 5.74) is 1.02. The van der Waals surface area contributed by atoms with Gasteiger partial charge >= 0.3 is 0 Å². The summed E-state index contributed by atoms with van der Waals surface area (Å²) in [6.07, 6.45) is 5.75. The van der Waals surface area contributed by atoms with Crippen LogP contribution in [-0.2, 0) is 19.5 Å². The van der Waals surface area contributed by atoms with Gasteiger partial charge in [-0.2, -0.15) is 0 Å². The van der Waals surface area contributed by atoms with Crippen molar-refractivity contribution in [3.63, 3.8) is 0 Å². The molecule has 0 aromatic carbocycles. The third-order valence-corrected chi connectivity index (χ3v) is 4.14. The van der Waals surface area contributed by atoms with Gasteiger partial charge in [-0.15, -0.1) is 22.9 Å². The Labute approximate surface area is 120 Å². The Kier molecular flexibility index (Phi) is 3.20. The van der Waals surface area contributed by atoms with Crippen molar-refractivity contribution in [1.29, 1.82) is 0 Å². The van der Waals surface area contributed by atoms with Gasteiger partial charge in [0.1, 0.15) is 5.82 Å². The summed E-state index contributed by atoms with van der Waals surface area (Å²) >= 11 is 7.67. The van der Waals surface area contributed by atoms with Crippen LogP contribution in [0.4, 0.5) is 5.82 Å². The number of aryl methyl sites for hydroxylation is 1. The molecule has 5 nitrogen and oxygen atoms in total. The van der Waals surface area contributed by atoms with E-state index in [4.69, 9.17) is 11.6 Å². The molecule has 3 heterocycles. The second-order valence-electron chi connectivity index (χ2n) is 4.38. The Balaban J connectivity index is 1.94. The fourth-order valence-electron chi connectivity index (χ4n) is 2.09. The number of aromatic nitrogens is 4. The predicted octanol–water partition coefficient (Wildman–Crippen LogP) is 2.50. The maximum atomic E-state index is 6.06. The van der Waals surface area contributed by atoms with Gasteiger partial charge in [-0.05, 0) is 0 Å². The van der Waals surface area contributed by atoms with Crippen molar-refractivity contribution in [2.75, 3.05) is 11.9 Å². The number of fused-ring (bicyclic) bond motifs is 1. The first kappa shape index (κ1) is 12.5. The number of rotatable bonds is 4. The molecule has 3 aromatic heterocycles. The van der Waals surface area contributed by atoms with Crippen LogP contribution in [0.5, 0.6) is 0 Å². The molecule has 0 bridgehead atoms. The van der Waals surface area contributed by atoms with Crippen molar-refractivity contribution < 1.29 is 0 Å². The molecule has 3 rings (SSSR count). The van der Waals surface area contributed by atoms with Crippen molar-refractivity contribution in [2.24, 2.45) is 7.05 Å². The monoisotopic (exact) mass is 295 g/mol. The number of alkyl halides is 1. The van der Waals surface area contributed by atoms with Gasteiger partial charge in [-0.1, -0.05) is 0 Å². The zero-order valence-electron chi connectivity index (χ0n) is 10.7. The lowest BCUT2D eigenvalue weighted by molar-refractivity contribution is 0.755. The van der Waals surface area contributed by atoms with Gasteiger partial charge in [0.2, 0.25) is 0 Å². The van der Waals surface area contributed by atoms with Gasteiger partial charge in [0.25, 0.3) is 0 Å². The average Bonchev–Trinajstić information content (AvgIpc) is 3.05. The number of imidazole rings is 2. The van der Waals surface area contributed by atoms with E-state index in [2.05, 4.69) is 14.9 Å². The Morgan fingerprint density at radius 2 is 2.26 bits per heavy atom. The largest absolute Gasteiger partial charge is 0.351 e. The van der Waals surface area contributed by atoms with Crippen LogP contribution < -0.4 is 4.90 Å². The third kappa shape index (κ3) is 2.11. The van der Waals surface area contributed by atoms with Gasteiger partial charge in [0.15, 0.2) is 10.8 Å². The number of anilines is 1. The van der Waals surface area contributed by atoms with E-state index in [0.29, 0.717) is 12.4 Å².